The Bertz CT molecular complexity index is 1130. The lowest BCUT2D eigenvalue weighted by Gasteiger charge is -2.07. The van der Waals surface area contributed by atoms with Gasteiger partial charge < -0.3 is 19.5 Å². The SMILES string of the molecule is COC(=O)c1ccc(/C=C/C(=O)OCc2ccc(C(=O)Nc3ccc(OC)cc3)cc2)cc1. The van der Waals surface area contributed by atoms with Gasteiger partial charge in [-0.2, -0.15) is 0 Å². The maximum atomic E-state index is 12.4. The van der Waals surface area contributed by atoms with Crippen molar-refractivity contribution in [2.45, 2.75) is 6.61 Å². The van der Waals surface area contributed by atoms with Gasteiger partial charge in [0.15, 0.2) is 0 Å². The van der Waals surface area contributed by atoms with E-state index in [1.54, 1.807) is 86.0 Å². The van der Waals surface area contributed by atoms with Crippen LogP contribution in [0.5, 0.6) is 5.75 Å². The van der Waals surface area contributed by atoms with Crippen molar-refractivity contribution in [1.29, 1.82) is 0 Å². The number of hydrogen-bond acceptors (Lipinski definition) is 6. The summed E-state index contributed by atoms with van der Waals surface area (Å²) in [4.78, 5) is 35.8. The number of carbonyl (C=O) groups excluding carboxylic acids is 3. The predicted octanol–water partition coefficient (Wildman–Crippen LogP) is 4.49. The Balaban J connectivity index is 1.49. The van der Waals surface area contributed by atoms with Crippen LogP contribution in [-0.4, -0.2) is 32.1 Å². The molecule has 0 fully saturated rings. The molecule has 33 heavy (non-hydrogen) atoms. The standard InChI is InChI=1S/C26H23NO6/c1-31-23-14-12-22(13-15-23)27-25(29)20-8-5-19(6-9-20)17-33-24(28)16-7-18-3-10-21(11-4-18)26(30)32-2/h3-16H,17H2,1-2H3,(H,27,29)/b16-7+. The van der Waals surface area contributed by atoms with Gasteiger partial charge in [-0.3, -0.25) is 4.79 Å². The van der Waals surface area contributed by atoms with Gasteiger partial charge >= 0.3 is 11.9 Å². The van der Waals surface area contributed by atoms with Crippen molar-refractivity contribution in [3.05, 3.63) is 101 Å². The number of carbonyl (C=O) groups is 3. The number of rotatable bonds is 8. The van der Waals surface area contributed by atoms with E-state index in [9.17, 15) is 14.4 Å². The third-order valence-electron chi connectivity index (χ3n) is 4.69. The highest BCUT2D eigenvalue weighted by atomic mass is 16.5. The van der Waals surface area contributed by atoms with Crippen LogP contribution in [-0.2, 0) is 20.9 Å². The molecule has 0 aromatic heterocycles. The molecule has 0 spiro atoms. The zero-order valence-corrected chi connectivity index (χ0v) is 18.2. The molecule has 0 saturated heterocycles. The van der Waals surface area contributed by atoms with Gasteiger partial charge in [-0.1, -0.05) is 24.3 Å². The number of benzene rings is 3. The van der Waals surface area contributed by atoms with Crippen molar-refractivity contribution >= 4 is 29.6 Å². The molecule has 0 bridgehead atoms. The van der Waals surface area contributed by atoms with E-state index in [2.05, 4.69) is 10.1 Å². The number of hydrogen-bond donors (Lipinski definition) is 1. The summed E-state index contributed by atoms with van der Waals surface area (Å²) in [5.41, 5.74) is 3.06. The van der Waals surface area contributed by atoms with Crippen molar-refractivity contribution in [1.82, 2.24) is 0 Å². The second-order valence-electron chi connectivity index (χ2n) is 6.93. The lowest BCUT2D eigenvalue weighted by Crippen LogP contribution is -2.11. The van der Waals surface area contributed by atoms with Gasteiger partial charge in [-0.15, -0.1) is 0 Å². The van der Waals surface area contributed by atoms with E-state index in [4.69, 9.17) is 9.47 Å². The highest BCUT2D eigenvalue weighted by molar-refractivity contribution is 6.04. The molecule has 0 unspecified atom stereocenters. The zero-order chi connectivity index (χ0) is 23.6. The first-order chi connectivity index (χ1) is 16.0. The highest BCUT2D eigenvalue weighted by Gasteiger charge is 2.07. The fraction of sp³-hybridized carbons (Fsp3) is 0.115. The molecule has 0 atom stereocenters. The molecule has 3 aromatic carbocycles. The minimum absolute atomic E-state index is 0.0742. The Morgan fingerprint density at radius 2 is 1.45 bits per heavy atom. The third-order valence-corrected chi connectivity index (χ3v) is 4.69. The summed E-state index contributed by atoms with van der Waals surface area (Å²) < 4.78 is 15.0. The Labute approximate surface area is 191 Å². The highest BCUT2D eigenvalue weighted by Crippen LogP contribution is 2.16. The maximum absolute atomic E-state index is 12.4. The fourth-order valence-corrected chi connectivity index (χ4v) is 2.84. The van der Waals surface area contributed by atoms with Crippen LogP contribution in [0.25, 0.3) is 6.08 Å². The molecule has 168 valence electrons. The normalized spacial score (nSPS) is 10.5. The van der Waals surface area contributed by atoms with Crippen molar-refractivity contribution in [3.63, 3.8) is 0 Å². The monoisotopic (exact) mass is 445 g/mol. The molecule has 0 radical (unpaired) electrons. The van der Waals surface area contributed by atoms with Crippen LogP contribution in [0.3, 0.4) is 0 Å². The second-order valence-corrected chi connectivity index (χ2v) is 6.93. The Kier molecular flexibility index (Phi) is 7.96. The van der Waals surface area contributed by atoms with Crippen LogP contribution in [0.2, 0.25) is 0 Å². The minimum atomic E-state index is -0.506. The molecule has 3 rings (SSSR count). The van der Waals surface area contributed by atoms with Gasteiger partial charge in [0.1, 0.15) is 12.4 Å². The van der Waals surface area contributed by atoms with E-state index < -0.39 is 11.9 Å². The van der Waals surface area contributed by atoms with E-state index in [1.165, 1.54) is 13.2 Å². The van der Waals surface area contributed by atoms with Gasteiger partial charge in [0, 0.05) is 17.3 Å². The van der Waals surface area contributed by atoms with Gasteiger partial charge in [-0.05, 0) is 65.7 Å². The lowest BCUT2D eigenvalue weighted by molar-refractivity contribution is -0.138. The van der Waals surface area contributed by atoms with Crippen molar-refractivity contribution < 1.29 is 28.6 Å². The average Bonchev–Trinajstić information content (AvgIpc) is 2.86. The number of amides is 1. The van der Waals surface area contributed by atoms with E-state index in [0.29, 0.717) is 22.6 Å². The van der Waals surface area contributed by atoms with E-state index in [0.717, 1.165) is 11.1 Å². The smallest absolute Gasteiger partial charge is 0.337 e. The summed E-state index contributed by atoms with van der Waals surface area (Å²) in [6.45, 7) is 0.0742. The summed E-state index contributed by atoms with van der Waals surface area (Å²) in [6, 6.07) is 20.5. The summed E-state index contributed by atoms with van der Waals surface area (Å²) in [5, 5.41) is 2.81. The maximum Gasteiger partial charge on any atom is 0.337 e. The molecule has 0 aliphatic heterocycles. The van der Waals surface area contributed by atoms with Crippen LogP contribution in [0, 0.1) is 0 Å². The van der Waals surface area contributed by atoms with Crippen molar-refractivity contribution in [2.75, 3.05) is 19.5 Å². The van der Waals surface area contributed by atoms with Crippen LogP contribution in [0.4, 0.5) is 5.69 Å². The summed E-state index contributed by atoms with van der Waals surface area (Å²) in [7, 11) is 2.89. The van der Waals surface area contributed by atoms with Crippen molar-refractivity contribution in [2.24, 2.45) is 0 Å². The molecule has 7 nitrogen and oxygen atoms in total. The van der Waals surface area contributed by atoms with Gasteiger partial charge in [-0.25, -0.2) is 9.59 Å². The first-order valence-corrected chi connectivity index (χ1v) is 10.1. The first-order valence-electron chi connectivity index (χ1n) is 10.1. The molecule has 0 saturated carbocycles. The largest absolute Gasteiger partial charge is 0.497 e. The van der Waals surface area contributed by atoms with E-state index >= 15 is 0 Å². The molecular weight excluding hydrogens is 422 g/mol. The Morgan fingerprint density at radius 3 is 2.06 bits per heavy atom. The molecule has 1 amide bonds. The van der Waals surface area contributed by atoms with Gasteiger partial charge in [0.25, 0.3) is 5.91 Å². The predicted molar refractivity (Wildman–Crippen MR) is 124 cm³/mol. The first kappa shape index (κ1) is 23.3. The molecule has 3 aromatic rings. The molecule has 0 aliphatic rings. The number of ether oxygens (including phenoxy) is 3. The zero-order valence-electron chi connectivity index (χ0n) is 18.2. The van der Waals surface area contributed by atoms with Gasteiger partial charge in [0.05, 0.1) is 19.8 Å². The van der Waals surface area contributed by atoms with Crippen LogP contribution >= 0.6 is 0 Å². The summed E-state index contributed by atoms with van der Waals surface area (Å²) in [6.07, 6.45) is 2.90. The number of esters is 2. The molecule has 1 N–H and O–H groups in total. The lowest BCUT2D eigenvalue weighted by atomic mass is 10.1. The van der Waals surface area contributed by atoms with Gasteiger partial charge in [0.2, 0.25) is 0 Å². The van der Waals surface area contributed by atoms with Crippen LogP contribution in [0.15, 0.2) is 78.9 Å². The minimum Gasteiger partial charge on any atom is -0.497 e. The average molecular weight is 445 g/mol. The number of nitrogens with one attached hydrogen (secondary N) is 1. The Morgan fingerprint density at radius 1 is 0.818 bits per heavy atom. The third kappa shape index (κ3) is 6.80. The molecule has 7 heteroatoms. The van der Waals surface area contributed by atoms with E-state index in [-0.39, 0.29) is 12.5 Å². The Hall–Kier alpha value is -4.39. The molecule has 0 aliphatic carbocycles. The second kappa shape index (κ2) is 11.3. The van der Waals surface area contributed by atoms with Crippen LogP contribution < -0.4 is 10.1 Å². The van der Waals surface area contributed by atoms with Crippen LogP contribution in [0.1, 0.15) is 31.8 Å². The number of anilines is 1. The van der Waals surface area contributed by atoms with E-state index in [1.807, 2.05) is 0 Å². The quantitative estimate of drug-likeness (QED) is 0.406. The molecular formula is C26H23NO6. The summed E-state index contributed by atoms with van der Waals surface area (Å²) >= 11 is 0. The molecule has 0 heterocycles. The topological polar surface area (TPSA) is 90.9 Å². The summed E-state index contributed by atoms with van der Waals surface area (Å²) in [5.74, 6) is -0.467. The number of methoxy groups -OCH3 is 2. The van der Waals surface area contributed by atoms with Crippen molar-refractivity contribution in [3.8, 4) is 5.75 Å². The fourth-order valence-electron chi connectivity index (χ4n) is 2.84.